The van der Waals surface area contributed by atoms with Crippen molar-refractivity contribution in [1.29, 1.82) is 0 Å². The summed E-state index contributed by atoms with van der Waals surface area (Å²) in [5.41, 5.74) is 1.76. The first-order chi connectivity index (χ1) is 18.2. The number of thioether (sulfide) groups is 1. The second-order valence-corrected chi connectivity index (χ2v) is 9.35. The van der Waals surface area contributed by atoms with Gasteiger partial charge in [-0.1, -0.05) is 23.7 Å². The molecule has 0 saturated carbocycles. The average molecular weight is 554 g/mol. The predicted molar refractivity (Wildman–Crippen MR) is 143 cm³/mol. The third-order valence-corrected chi connectivity index (χ3v) is 6.52. The number of carbonyl (C=O) groups is 3. The highest BCUT2D eigenvalue weighted by Crippen LogP contribution is 2.33. The van der Waals surface area contributed by atoms with Crippen LogP contribution in [0.4, 0.5) is 16.2 Å². The van der Waals surface area contributed by atoms with Gasteiger partial charge in [0.15, 0.2) is 0 Å². The number of imide groups is 1. The van der Waals surface area contributed by atoms with Crippen LogP contribution in [0.1, 0.15) is 11.1 Å². The Morgan fingerprint density at radius 1 is 1.13 bits per heavy atom. The lowest BCUT2D eigenvalue weighted by molar-refractivity contribution is -0.384. The molecular weight excluding hydrogens is 534 g/mol. The van der Waals surface area contributed by atoms with E-state index in [2.05, 4.69) is 5.32 Å². The summed E-state index contributed by atoms with van der Waals surface area (Å²) in [7, 11) is 1.47. The highest BCUT2D eigenvalue weighted by Gasteiger charge is 2.36. The van der Waals surface area contributed by atoms with Crippen molar-refractivity contribution in [2.45, 2.75) is 6.61 Å². The van der Waals surface area contributed by atoms with Crippen LogP contribution in [-0.2, 0) is 16.2 Å². The molecule has 0 atom stereocenters. The lowest BCUT2D eigenvalue weighted by Gasteiger charge is -2.13. The normalized spacial score (nSPS) is 14.1. The molecule has 1 aliphatic heterocycles. The Morgan fingerprint density at radius 3 is 2.58 bits per heavy atom. The van der Waals surface area contributed by atoms with E-state index < -0.39 is 28.5 Å². The van der Waals surface area contributed by atoms with Crippen molar-refractivity contribution >= 4 is 57.9 Å². The first-order valence-corrected chi connectivity index (χ1v) is 12.3. The zero-order valence-corrected chi connectivity index (χ0v) is 21.5. The summed E-state index contributed by atoms with van der Waals surface area (Å²) in [6.45, 7) is -0.267. The van der Waals surface area contributed by atoms with Crippen molar-refractivity contribution in [2.75, 3.05) is 19.0 Å². The summed E-state index contributed by atoms with van der Waals surface area (Å²) in [5.74, 6) is -0.188. The number of nitro groups is 1. The van der Waals surface area contributed by atoms with Crippen LogP contribution in [0.25, 0.3) is 6.08 Å². The van der Waals surface area contributed by atoms with E-state index in [1.807, 2.05) is 0 Å². The number of benzene rings is 3. The number of halogens is 1. The molecule has 10 nitrogen and oxygen atoms in total. The number of methoxy groups -OCH3 is 1. The number of nitrogens with one attached hydrogen (secondary N) is 1. The summed E-state index contributed by atoms with van der Waals surface area (Å²) < 4.78 is 10.8. The fourth-order valence-electron chi connectivity index (χ4n) is 3.45. The molecule has 0 aromatic heterocycles. The topological polar surface area (TPSA) is 128 Å². The molecule has 0 aliphatic carbocycles. The van der Waals surface area contributed by atoms with Gasteiger partial charge in [0.05, 0.1) is 22.0 Å². The van der Waals surface area contributed by atoms with Crippen molar-refractivity contribution in [1.82, 2.24) is 4.90 Å². The molecule has 0 bridgehead atoms. The Hall–Kier alpha value is -4.35. The molecule has 0 unspecified atom stereocenters. The second-order valence-electron chi connectivity index (χ2n) is 7.95. The van der Waals surface area contributed by atoms with E-state index in [0.29, 0.717) is 27.8 Å². The van der Waals surface area contributed by atoms with Crippen LogP contribution in [0.2, 0.25) is 5.02 Å². The summed E-state index contributed by atoms with van der Waals surface area (Å²) in [6, 6.07) is 17.6. The molecule has 38 heavy (non-hydrogen) atoms. The van der Waals surface area contributed by atoms with E-state index in [1.165, 1.54) is 25.3 Å². The number of amides is 3. The summed E-state index contributed by atoms with van der Waals surface area (Å²) in [5, 5.41) is 13.1. The van der Waals surface area contributed by atoms with Gasteiger partial charge in [0.1, 0.15) is 24.7 Å². The summed E-state index contributed by atoms with van der Waals surface area (Å²) in [4.78, 5) is 49.1. The zero-order chi connectivity index (χ0) is 27.2. The molecule has 0 spiro atoms. The van der Waals surface area contributed by atoms with E-state index in [9.17, 15) is 24.5 Å². The Balaban J connectivity index is 1.38. The van der Waals surface area contributed by atoms with Gasteiger partial charge < -0.3 is 14.8 Å². The number of nitrogens with zero attached hydrogens (tertiary/aromatic N) is 2. The van der Waals surface area contributed by atoms with E-state index in [4.69, 9.17) is 21.1 Å². The number of rotatable bonds is 9. The molecular formula is C26H20ClN3O7S. The van der Waals surface area contributed by atoms with Gasteiger partial charge in [-0.05, 0) is 71.4 Å². The van der Waals surface area contributed by atoms with Gasteiger partial charge in [0, 0.05) is 17.8 Å². The third-order valence-electron chi connectivity index (χ3n) is 5.32. The number of carbonyl (C=O) groups excluding carboxylic acids is 3. The first-order valence-electron chi connectivity index (χ1n) is 11.1. The van der Waals surface area contributed by atoms with Gasteiger partial charge in [-0.2, -0.15) is 0 Å². The molecule has 1 N–H and O–H groups in total. The van der Waals surface area contributed by atoms with Crippen LogP contribution in [-0.4, -0.2) is 40.5 Å². The van der Waals surface area contributed by atoms with Crippen molar-refractivity contribution in [3.8, 4) is 11.5 Å². The van der Waals surface area contributed by atoms with Gasteiger partial charge in [-0.3, -0.25) is 29.4 Å². The molecule has 1 saturated heterocycles. The number of nitro benzene ring substituents is 1. The standard InChI is InChI=1S/C26H20ClN3O7S/c1-36-22-10-7-18(13-21(22)27)28-24(31)14-29-25(32)23(38-26(29)33)12-17-3-2-4-20(11-17)37-15-16-5-8-19(9-6-16)30(34)35/h2-13H,14-15H2,1H3,(H,28,31)/b23-12+. The number of non-ortho nitro benzene ring substituents is 1. The third kappa shape index (κ3) is 6.50. The van der Waals surface area contributed by atoms with E-state index >= 15 is 0 Å². The molecule has 194 valence electrons. The van der Waals surface area contributed by atoms with Crippen molar-refractivity contribution in [3.63, 3.8) is 0 Å². The second kappa shape index (κ2) is 11.8. The fraction of sp³-hybridized carbons (Fsp3) is 0.115. The van der Waals surface area contributed by atoms with Crippen molar-refractivity contribution in [2.24, 2.45) is 0 Å². The van der Waals surface area contributed by atoms with Crippen LogP contribution >= 0.6 is 23.4 Å². The van der Waals surface area contributed by atoms with Gasteiger partial charge in [0.2, 0.25) is 5.91 Å². The van der Waals surface area contributed by atoms with Gasteiger partial charge in [-0.25, -0.2) is 0 Å². The largest absolute Gasteiger partial charge is 0.495 e. The van der Waals surface area contributed by atoms with Crippen LogP contribution in [0.3, 0.4) is 0 Å². The molecule has 3 aromatic carbocycles. The molecule has 1 heterocycles. The highest BCUT2D eigenvalue weighted by molar-refractivity contribution is 8.18. The van der Waals surface area contributed by atoms with Crippen LogP contribution in [0.15, 0.2) is 71.6 Å². The maximum absolute atomic E-state index is 12.8. The van der Waals surface area contributed by atoms with Gasteiger partial charge >= 0.3 is 0 Å². The smallest absolute Gasteiger partial charge is 0.294 e. The summed E-state index contributed by atoms with van der Waals surface area (Å²) >= 11 is 6.80. The number of ether oxygens (including phenoxy) is 2. The molecule has 1 aliphatic rings. The Kier molecular flexibility index (Phi) is 8.29. The quantitative estimate of drug-likeness (QED) is 0.209. The minimum absolute atomic E-state index is 0.00713. The SMILES string of the molecule is COc1ccc(NC(=O)CN2C(=O)S/C(=C/c3cccc(OCc4ccc([N+](=O)[O-])cc4)c3)C2=O)cc1Cl. The number of hydrogen-bond donors (Lipinski definition) is 1. The van der Waals surface area contributed by atoms with E-state index in [-0.39, 0.29) is 17.2 Å². The first kappa shape index (κ1) is 26.7. The Labute approximate surface area is 226 Å². The molecule has 0 radical (unpaired) electrons. The van der Waals surface area contributed by atoms with Crippen LogP contribution in [0.5, 0.6) is 11.5 Å². The molecule has 3 amide bonds. The maximum atomic E-state index is 12.8. The fourth-order valence-corrected chi connectivity index (χ4v) is 4.55. The lowest BCUT2D eigenvalue weighted by Crippen LogP contribution is -2.36. The van der Waals surface area contributed by atoms with Crippen LogP contribution < -0.4 is 14.8 Å². The Bertz CT molecular complexity index is 1440. The Morgan fingerprint density at radius 2 is 1.89 bits per heavy atom. The monoisotopic (exact) mass is 553 g/mol. The minimum Gasteiger partial charge on any atom is -0.495 e. The molecule has 3 aromatic rings. The predicted octanol–water partition coefficient (Wildman–Crippen LogP) is 5.51. The average Bonchev–Trinajstić information content (AvgIpc) is 3.15. The minimum atomic E-state index is -0.583. The van der Waals surface area contributed by atoms with Gasteiger partial charge in [-0.15, -0.1) is 0 Å². The summed E-state index contributed by atoms with van der Waals surface area (Å²) in [6.07, 6.45) is 1.55. The van der Waals surface area contributed by atoms with Crippen molar-refractivity contribution < 1.29 is 28.8 Å². The number of hydrogen-bond acceptors (Lipinski definition) is 8. The maximum Gasteiger partial charge on any atom is 0.294 e. The van der Waals surface area contributed by atoms with E-state index in [0.717, 1.165) is 22.2 Å². The number of anilines is 1. The molecule has 12 heteroatoms. The zero-order valence-electron chi connectivity index (χ0n) is 19.9. The van der Waals surface area contributed by atoms with Crippen molar-refractivity contribution in [3.05, 3.63) is 97.9 Å². The lowest BCUT2D eigenvalue weighted by atomic mass is 10.2. The van der Waals surface area contributed by atoms with Crippen LogP contribution in [0, 0.1) is 10.1 Å². The van der Waals surface area contributed by atoms with Gasteiger partial charge in [0.25, 0.3) is 16.8 Å². The molecule has 4 rings (SSSR count). The van der Waals surface area contributed by atoms with E-state index in [1.54, 1.807) is 54.6 Å². The molecule has 1 fully saturated rings. The highest BCUT2D eigenvalue weighted by atomic mass is 35.5.